The van der Waals surface area contributed by atoms with E-state index in [2.05, 4.69) is 20.5 Å². The maximum absolute atomic E-state index is 13.0. The number of nitrogens with zero attached hydrogens (tertiary/aromatic N) is 4. The first kappa shape index (κ1) is 27.7. The molecule has 0 spiro atoms. The Morgan fingerprint density at radius 1 is 1.46 bits per heavy atom. The summed E-state index contributed by atoms with van der Waals surface area (Å²) in [5, 5.41) is 14.3. The molecule has 4 heterocycles. The number of fused-ring (bicyclic) bond motifs is 1. The number of aromatic nitrogens is 2. The highest BCUT2D eigenvalue weighted by molar-refractivity contribution is 8.06. The Kier molecular flexibility index (Phi) is 8.65. The van der Waals surface area contributed by atoms with Crippen LogP contribution in [0.2, 0.25) is 4.34 Å². The molecule has 12 nitrogen and oxygen atoms in total. The van der Waals surface area contributed by atoms with Crippen molar-refractivity contribution >= 4 is 81.1 Å². The monoisotopic (exact) mass is 601 g/mol. The van der Waals surface area contributed by atoms with Crippen molar-refractivity contribution < 1.29 is 19.5 Å². The lowest BCUT2D eigenvalue weighted by atomic mass is 10.0. The molecule has 2 aliphatic heterocycles. The third-order valence-electron chi connectivity index (χ3n) is 5.37. The summed E-state index contributed by atoms with van der Waals surface area (Å²) in [6.07, 6.45) is 3.24. The molecule has 2 amide bonds. The number of thiazole rings is 1. The average molecular weight is 602 g/mol. The number of hydrogen-bond acceptors (Lipinski definition) is 13. The number of amides is 2. The van der Waals surface area contributed by atoms with Crippen LogP contribution >= 0.6 is 58.2 Å². The van der Waals surface area contributed by atoms with Gasteiger partial charge < -0.3 is 21.9 Å². The van der Waals surface area contributed by atoms with Gasteiger partial charge in [-0.2, -0.15) is 0 Å². The second-order valence-corrected chi connectivity index (χ2v) is 12.9. The molecule has 17 heteroatoms. The SMILES string of the molecule is CCSC(N)c1cnccc1SC1=C(C(=O)O)N2C(=O)[C@@H](NC(=O)C(N=O)c3nc(N)sc3Cl)[C@@H]2SC1. The Balaban J connectivity index is 1.55. The highest BCUT2D eigenvalue weighted by Crippen LogP contribution is 2.46. The summed E-state index contributed by atoms with van der Waals surface area (Å²) in [7, 11) is 0. The van der Waals surface area contributed by atoms with Gasteiger partial charge in [0.2, 0.25) is 6.04 Å². The molecule has 2 aromatic rings. The lowest BCUT2D eigenvalue weighted by molar-refractivity contribution is -0.150. The van der Waals surface area contributed by atoms with E-state index in [1.807, 2.05) is 6.92 Å². The van der Waals surface area contributed by atoms with Gasteiger partial charge in [0.05, 0.1) is 5.37 Å². The summed E-state index contributed by atoms with van der Waals surface area (Å²) >= 11 is 10.9. The third-order valence-corrected chi connectivity index (χ3v) is 10.1. The Bertz CT molecular complexity index is 1290. The molecule has 2 unspecified atom stereocenters. The van der Waals surface area contributed by atoms with Gasteiger partial charge in [-0.3, -0.25) is 19.5 Å². The van der Waals surface area contributed by atoms with Gasteiger partial charge in [0, 0.05) is 33.5 Å². The molecule has 6 N–H and O–H groups in total. The smallest absolute Gasteiger partial charge is 0.353 e. The normalized spacial score (nSPS) is 20.6. The second kappa shape index (κ2) is 11.6. The number of carboxylic acid groups (broad SMARTS) is 1. The molecule has 0 bridgehead atoms. The number of carbonyl (C=O) groups excluding carboxylic acids is 2. The minimum absolute atomic E-state index is 0.0381. The summed E-state index contributed by atoms with van der Waals surface area (Å²) in [5.74, 6) is -1.72. The molecule has 1 saturated heterocycles. The highest BCUT2D eigenvalue weighted by atomic mass is 35.5. The zero-order valence-electron chi connectivity index (χ0n) is 19.0. The minimum Gasteiger partial charge on any atom is -0.477 e. The van der Waals surface area contributed by atoms with Crippen LogP contribution in [0.5, 0.6) is 0 Å². The second-order valence-electron chi connectivity index (χ2n) is 7.58. The van der Waals surface area contributed by atoms with Crippen molar-refractivity contribution in [3.8, 4) is 0 Å². The van der Waals surface area contributed by atoms with Crippen LogP contribution < -0.4 is 16.8 Å². The summed E-state index contributed by atoms with van der Waals surface area (Å²) in [4.78, 5) is 59.7. The van der Waals surface area contributed by atoms with Crippen LogP contribution in [0, 0.1) is 4.91 Å². The van der Waals surface area contributed by atoms with E-state index in [4.69, 9.17) is 23.1 Å². The highest BCUT2D eigenvalue weighted by Gasteiger charge is 2.55. The van der Waals surface area contributed by atoms with E-state index in [1.165, 1.54) is 35.3 Å². The zero-order chi connectivity index (χ0) is 26.9. The number of carbonyl (C=O) groups is 3. The Morgan fingerprint density at radius 2 is 2.22 bits per heavy atom. The number of carboxylic acids is 1. The predicted octanol–water partition coefficient (Wildman–Crippen LogP) is 2.78. The number of rotatable bonds is 10. The van der Waals surface area contributed by atoms with Crippen LogP contribution in [0.15, 0.2) is 39.1 Å². The number of nitrogen functional groups attached to an aromatic ring is 1. The quantitative estimate of drug-likeness (QED) is 0.177. The van der Waals surface area contributed by atoms with Crippen molar-refractivity contribution in [3.05, 3.63) is 49.6 Å². The third kappa shape index (κ3) is 5.44. The van der Waals surface area contributed by atoms with E-state index in [0.29, 0.717) is 4.91 Å². The predicted molar refractivity (Wildman–Crippen MR) is 145 cm³/mol. The average Bonchev–Trinajstić information content (AvgIpc) is 3.20. The lowest BCUT2D eigenvalue weighted by Gasteiger charge is -2.49. The number of anilines is 1. The van der Waals surface area contributed by atoms with Gasteiger partial charge in [0.25, 0.3) is 11.8 Å². The van der Waals surface area contributed by atoms with Crippen LogP contribution in [-0.2, 0) is 14.4 Å². The lowest BCUT2D eigenvalue weighted by Crippen LogP contribution is -2.70. The number of nitrogens with one attached hydrogen (secondary N) is 1. The van der Waals surface area contributed by atoms with E-state index < -0.39 is 35.2 Å². The van der Waals surface area contributed by atoms with Crippen LogP contribution in [0.25, 0.3) is 0 Å². The molecule has 37 heavy (non-hydrogen) atoms. The molecular weight excluding hydrogens is 582 g/mol. The van der Waals surface area contributed by atoms with Crippen molar-refractivity contribution in [2.24, 2.45) is 10.9 Å². The molecular formula is C20H20ClN7O5S4. The van der Waals surface area contributed by atoms with Crippen molar-refractivity contribution in [1.82, 2.24) is 20.2 Å². The van der Waals surface area contributed by atoms with Gasteiger partial charge in [0.15, 0.2) is 5.13 Å². The molecule has 4 rings (SSSR count). The number of nitrogens with two attached hydrogens (primary N) is 2. The van der Waals surface area contributed by atoms with E-state index in [0.717, 1.165) is 32.4 Å². The van der Waals surface area contributed by atoms with Crippen LogP contribution in [0.1, 0.15) is 29.6 Å². The molecule has 1 fully saturated rings. The number of aliphatic carboxylic acids is 1. The van der Waals surface area contributed by atoms with Gasteiger partial charge >= 0.3 is 5.97 Å². The molecule has 2 aliphatic rings. The molecule has 0 aliphatic carbocycles. The van der Waals surface area contributed by atoms with E-state index in [1.54, 1.807) is 18.5 Å². The van der Waals surface area contributed by atoms with Crippen LogP contribution in [-0.4, -0.2) is 60.7 Å². The molecule has 0 aromatic carbocycles. The van der Waals surface area contributed by atoms with Gasteiger partial charge in [-0.15, -0.1) is 28.4 Å². The fourth-order valence-electron chi connectivity index (χ4n) is 3.72. The fraction of sp³-hybridized carbons (Fsp3) is 0.350. The molecule has 0 radical (unpaired) electrons. The van der Waals surface area contributed by atoms with Gasteiger partial charge in [-0.25, -0.2) is 9.78 Å². The Labute approximate surface area is 232 Å². The molecule has 0 saturated carbocycles. The first-order chi connectivity index (χ1) is 17.7. The number of β-lactam (4-membered cyclic amide) rings is 1. The maximum atomic E-state index is 13.0. The van der Waals surface area contributed by atoms with Gasteiger partial charge in [-0.05, 0) is 17.0 Å². The number of nitroso groups, excluding NO2 is 1. The first-order valence-electron chi connectivity index (χ1n) is 10.6. The van der Waals surface area contributed by atoms with Crippen LogP contribution in [0.4, 0.5) is 5.13 Å². The molecule has 4 atom stereocenters. The fourth-order valence-corrected chi connectivity index (χ4v) is 8.11. The summed E-state index contributed by atoms with van der Waals surface area (Å²) in [5.41, 5.74) is 12.3. The largest absolute Gasteiger partial charge is 0.477 e. The topological polar surface area (TPSA) is 194 Å². The van der Waals surface area contributed by atoms with E-state index in [9.17, 15) is 24.4 Å². The van der Waals surface area contributed by atoms with Gasteiger partial charge in [0.1, 0.15) is 27.1 Å². The summed E-state index contributed by atoms with van der Waals surface area (Å²) < 4.78 is 0.0381. The van der Waals surface area contributed by atoms with Crippen molar-refractivity contribution in [3.63, 3.8) is 0 Å². The number of pyridine rings is 1. The number of hydrogen-bond donors (Lipinski definition) is 4. The zero-order valence-corrected chi connectivity index (χ0v) is 23.0. The maximum Gasteiger partial charge on any atom is 0.353 e. The van der Waals surface area contributed by atoms with Crippen molar-refractivity contribution in [2.45, 2.75) is 34.7 Å². The van der Waals surface area contributed by atoms with E-state index in [-0.39, 0.29) is 32.0 Å². The summed E-state index contributed by atoms with van der Waals surface area (Å²) in [6, 6.07) is -0.904. The standard InChI is InChI=1S/C20H20ClN7O5S4/c1-2-34-15(22)7-5-24-4-3-8(7)36-9-6-35-18-12(17(30)28(18)13(9)19(31)32)25-16(29)11(27-33)10-14(21)37-20(23)26-10/h3-5,11-12,15,18H,2,6,22H2,1H3,(H2,23,26)(H,25,29)(H,31,32)/t11?,12-,15?,18+/m1/s1. The van der Waals surface area contributed by atoms with E-state index >= 15 is 0 Å². The van der Waals surface area contributed by atoms with Gasteiger partial charge in [-0.1, -0.05) is 41.6 Å². The number of halogens is 1. The van der Waals surface area contributed by atoms with Crippen molar-refractivity contribution in [2.75, 3.05) is 17.2 Å². The first-order valence-corrected chi connectivity index (χ1v) is 14.7. The van der Waals surface area contributed by atoms with Crippen molar-refractivity contribution in [1.29, 1.82) is 0 Å². The number of thioether (sulfide) groups is 3. The Morgan fingerprint density at radius 3 is 2.84 bits per heavy atom. The summed E-state index contributed by atoms with van der Waals surface area (Å²) in [6.45, 7) is 1.98. The molecule has 2 aromatic heterocycles. The Hall–Kier alpha value is -2.37. The van der Waals surface area contributed by atoms with Crippen LogP contribution in [0.3, 0.4) is 0 Å². The minimum atomic E-state index is -1.60. The molecule has 196 valence electrons.